The lowest BCUT2D eigenvalue weighted by molar-refractivity contribution is -0.123. The third-order valence-corrected chi connectivity index (χ3v) is 5.87. The zero-order chi connectivity index (χ0) is 12.3. The van der Waals surface area contributed by atoms with Crippen molar-refractivity contribution in [3.8, 4) is 0 Å². The van der Waals surface area contributed by atoms with Crippen LogP contribution in [0.15, 0.2) is 0 Å². The second kappa shape index (κ2) is 5.35. The summed E-state index contributed by atoms with van der Waals surface area (Å²) in [4.78, 5) is 11.8. The van der Waals surface area contributed by atoms with Crippen molar-refractivity contribution in [1.82, 2.24) is 10.6 Å². The van der Waals surface area contributed by atoms with E-state index in [4.69, 9.17) is 0 Å². The number of carbonyl (C=O) groups is 1. The third kappa shape index (κ3) is 3.19. The van der Waals surface area contributed by atoms with Crippen LogP contribution in [-0.4, -0.2) is 44.5 Å². The standard InChI is InChI=1S/C11H20N2O3S/c14-11(10-5-1-2-6-12-10)13-8-9-4-3-7-17(9,15)16/h9-10,12H,1-8H2,(H,13,14). The molecule has 2 saturated heterocycles. The van der Waals surface area contributed by atoms with Crippen molar-refractivity contribution in [3.05, 3.63) is 0 Å². The Morgan fingerprint density at radius 1 is 1.24 bits per heavy atom. The molecule has 2 rings (SSSR count). The topological polar surface area (TPSA) is 75.3 Å². The SMILES string of the molecule is O=C(NCC1CCCS1(=O)=O)C1CCCCN1. The van der Waals surface area contributed by atoms with Gasteiger partial charge in [0, 0.05) is 6.54 Å². The Morgan fingerprint density at radius 3 is 2.65 bits per heavy atom. The largest absolute Gasteiger partial charge is 0.353 e. The van der Waals surface area contributed by atoms with Crippen LogP contribution >= 0.6 is 0 Å². The van der Waals surface area contributed by atoms with Gasteiger partial charge in [-0.25, -0.2) is 8.42 Å². The molecule has 0 aromatic heterocycles. The minimum atomic E-state index is -2.95. The van der Waals surface area contributed by atoms with Crippen molar-refractivity contribution >= 4 is 15.7 Å². The van der Waals surface area contributed by atoms with E-state index in [9.17, 15) is 13.2 Å². The molecule has 2 aliphatic rings. The summed E-state index contributed by atoms with van der Waals surface area (Å²) in [7, 11) is -2.95. The van der Waals surface area contributed by atoms with Gasteiger partial charge in [0.2, 0.25) is 5.91 Å². The maximum Gasteiger partial charge on any atom is 0.237 e. The first-order valence-electron chi connectivity index (χ1n) is 6.32. The van der Waals surface area contributed by atoms with Gasteiger partial charge in [-0.3, -0.25) is 4.79 Å². The fourth-order valence-electron chi connectivity index (χ4n) is 2.50. The van der Waals surface area contributed by atoms with Crippen LogP contribution in [0.4, 0.5) is 0 Å². The molecule has 98 valence electrons. The minimum absolute atomic E-state index is 0.0493. The Labute approximate surface area is 102 Å². The highest BCUT2D eigenvalue weighted by molar-refractivity contribution is 7.92. The highest BCUT2D eigenvalue weighted by Crippen LogP contribution is 2.19. The number of hydrogen-bond acceptors (Lipinski definition) is 4. The van der Waals surface area contributed by atoms with E-state index in [1.54, 1.807) is 0 Å². The molecule has 0 bridgehead atoms. The van der Waals surface area contributed by atoms with Crippen molar-refractivity contribution < 1.29 is 13.2 Å². The highest BCUT2D eigenvalue weighted by atomic mass is 32.2. The van der Waals surface area contributed by atoms with Crippen molar-refractivity contribution in [1.29, 1.82) is 0 Å². The van der Waals surface area contributed by atoms with E-state index in [1.165, 1.54) is 0 Å². The van der Waals surface area contributed by atoms with Crippen LogP contribution in [0.1, 0.15) is 32.1 Å². The number of carbonyl (C=O) groups excluding carboxylic acids is 1. The minimum Gasteiger partial charge on any atom is -0.353 e. The molecule has 0 aliphatic carbocycles. The van der Waals surface area contributed by atoms with Crippen molar-refractivity contribution in [3.63, 3.8) is 0 Å². The van der Waals surface area contributed by atoms with Crippen LogP contribution in [0.3, 0.4) is 0 Å². The fourth-order valence-corrected chi connectivity index (χ4v) is 4.27. The lowest BCUT2D eigenvalue weighted by atomic mass is 10.0. The molecular weight excluding hydrogens is 240 g/mol. The Kier molecular flexibility index (Phi) is 4.04. The van der Waals surface area contributed by atoms with Crippen molar-refractivity contribution in [2.45, 2.75) is 43.4 Å². The van der Waals surface area contributed by atoms with E-state index in [-0.39, 0.29) is 29.5 Å². The molecular formula is C11H20N2O3S. The lowest BCUT2D eigenvalue weighted by Crippen LogP contribution is -2.48. The Morgan fingerprint density at radius 2 is 2.06 bits per heavy atom. The lowest BCUT2D eigenvalue weighted by Gasteiger charge is -2.23. The Hall–Kier alpha value is -0.620. The summed E-state index contributed by atoms with van der Waals surface area (Å²) in [6.07, 6.45) is 4.43. The van der Waals surface area contributed by atoms with E-state index in [1.807, 2.05) is 0 Å². The van der Waals surface area contributed by atoms with Gasteiger partial charge >= 0.3 is 0 Å². The number of sulfone groups is 1. The summed E-state index contributed by atoms with van der Waals surface area (Å²) in [5.74, 6) is 0.224. The van der Waals surface area contributed by atoms with Gasteiger partial charge in [-0.2, -0.15) is 0 Å². The molecule has 2 fully saturated rings. The molecule has 2 aliphatic heterocycles. The molecule has 0 spiro atoms. The summed E-state index contributed by atoms with van der Waals surface area (Å²) in [6.45, 7) is 1.15. The van der Waals surface area contributed by atoms with Crippen molar-refractivity contribution in [2.75, 3.05) is 18.8 Å². The van der Waals surface area contributed by atoms with Gasteiger partial charge in [0.15, 0.2) is 9.84 Å². The normalized spacial score (nSPS) is 32.2. The summed E-state index contributed by atoms with van der Waals surface area (Å²) in [5, 5.41) is 5.56. The van der Waals surface area contributed by atoms with Gasteiger partial charge in [0.05, 0.1) is 17.0 Å². The van der Waals surface area contributed by atoms with Gasteiger partial charge in [0.1, 0.15) is 0 Å². The second-order valence-electron chi connectivity index (χ2n) is 4.88. The molecule has 2 atom stereocenters. The van der Waals surface area contributed by atoms with Crippen LogP contribution < -0.4 is 10.6 Å². The maximum absolute atomic E-state index is 11.8. The molecule has 5 nitrogen and oxygen atoms in total. The first-order chi connectivity index (χ1) is 8.09. The summed E-state index contributed by atoms with van der Waals surface area (Å²) >= 11 is 0. The van der Waals surface area contributed by atoms with Crippen LogP contribution in [0, 0.1) is 0 Å². The van der Waals surface area contributed by atoms with E-state index in [0.29, 0.717) is 6.42 Å². The average Bonchev–Trinajstić information content (AvgIpc) is 2.66. The van der Waals surface area contributed by atoms with Gasteiger partial charge in [0.25, 0.3) is 0 Å². The summed E-state index contributed by atoms with van der Waals surface area (Å²) < 4.78 is 23.2. The zero-order valence-electron chi connectivity index (χ0n) is 9.94. The number of hydrogen-bond donors (Lipinski definition) is 2. The van der Waals surface area contributed by atoms with Gasteiger partial charge in [-0.1, -0.05) is 6.42 Å². The van der Waals surface area contributed by atoms with E-state index in [0.717, 1.165) is 32.2 Å². The summed E-state index contributed by atoms with van der Waals surface area (Å²) in [5.41, 5.74) is 0. The van der Waals surface area contributed by atoms with Crippen LogP contribution in [0.25, 0.3) is 0 Å². The van der Waals surface area contributed by atoms with Crippen LogP contribution in [0.2, 0.25) is 0 Å². The van der Waals surface area contributed by atoms with E-state index < -0.39 is 9.84 Å². The molecule has 2 unspecified atom stereocenters. The molecule has 0 aromatic rings. The molecule has 2 N–H and O–H groups in total. The molecule has 1 amide bonds. The van der Waals surface area contributed by atoms with Gasteiger partial charge in [-0.15, -0.1) is 0 Å². The Bertz CT molecular complexity index is 374. The molecule has 0 radical (unpaired) electrons. The van der Waals surface area contributed by atoms with Gasteiger partial charge in [-0.05, 0) is 32.2 Å². The Balaban J connectivity index is 1.79. The quantitative estimate of drug-likeness (QED) is 0.738. The molecule has 6 heteroatoms. The number of amides is 1. The summed E-state index contributed by atoms with van der Waals surface area (Å²) in [6, 6.07) is -0.132. The molecule has 0 aromatic carbocycles. The predicted molar refractivity (Wildman–Crippen MR) is 65.5 cm³/mol. The van der Waals surface area contributed by atoms with E-state index >= 15 is 0 Å². The maximum atomic E-state index is 11.8. The third-order valence-electron chi connectivity index (χ3n) is 3.59. The van der Waals surface area contributed by atoms with Crippen molar-refractivity contribution in [2.24, 2.45) is 0 Å². The predicted octanol–water partition coefficient (Wildman–Crippen LogP) is -0.178. The monoisotopic (exact) mass is 260 g/mol. The first-order valence-corrected chi connectivity index (χ1v) is 8.04. The number of piperidine rings is 1. The van der Waals surface area contributed by atoms with Crippen LogP contribution in [0.5, 0.6) is 0 Å². The molecule has 17 heavy (non-hydrogen) atoms. The first kappa shape index (κ1) is 12.8. The average molecular weight is 260 g/mol. The second-order valence-corrected chi connectivity index (χ2v) is 7.28. The van der Waals surface area contributed by atoms with E-state index in [2.05, 4.69) is 10.6 Å². The van der Waals surface area contributed by atoms with Gasteiger partial charge < -0.3 is 10.6 Å². The molecule has 2 heterocycles. The zero-order valence-corrected chi connectivity index (χ0v) is 10.8. The number of rotatable bonds is 3. The smallest absolute Gasteiger partial charge is 0.237 e. The molecule has 0 saturated carbocycles. The van der Waals surface area contributed by atoms with Crippen LogP contribution in [-0.2, 0) is 14.6 Å². The number of nitrogens with one attached hydrogen (secondary N) is 2. The fraction of sp³-hybridized carbons (Fsp3) is 0.909. The highest BCUT2D eigenvalue weighted by Gasteiger charge is 2.32.